The molecule has 1 aromatic rings. The minimum atomic E-state index is -1.18. The van der Waals surface area contributed by atoms with Gasteiger partial charge in [0.25, 0.3) is 0 Å². The van der Waals surface area contributed by atoms with Gasteiger partial charge in [-0.1, -0.05) is 61.8 Å². The molecular formula is C21H37N3O3S. The number of nitrogens with zero attached hydrogens (tertiary/aromatic N) is 1. The number of aliphatic hydroxyl groups excluding tert-OH is 1. The molecule has 0 aliphatic heterocycles. The molecule has 0 aliphatic carbocycles. The van der Waals surface area contributed by atoms with Gasteiger partial charge in [-0.3, -0.25) is 9.59 Å². The van der Waals surface area contributed by atoms with Crippen LogP contribution in [0.25, 0.3) is 0 Å². The number of thiazole rings is 1. The Kier molecular flexibility index (Phi) is 8.63. The van der Waals surface area contributed by atoms with E-state index in [-0.39, 0.29) is 11.3 Å². The first-order chi connectivity index (χ1) is 12.7. The van der Waals surface area contributed by atoms with Gasteiger partial charge in [0.15, 0.2) is 5.13 Å². The summed E-state index contributed by atoms with van der Waals surface area (Å²) in [6.07, 6.45) is 2.89. The van der Waals surface area contributed by atoms with Crippen molar-refractivity contribution in [2.75, 3.05) is 5.32 Å². The molecule has 6 nitrogen and oxygen atoms in total. The minimum Gasteiger partial charge on any atom is -0.383 e. The summed E-state index contributed by atoms with van der Waals surface area (Å²) in [4.78, 5) is 30.4. The fourth-order valence-electron chi connectivity index (χ4n) is 2.99. The standard InChI is InChI=1S/C21H37N3O3S/c1-9-10-14(23-18(27)16(25)21(6,7)8)17(26)24-19-22-12-15(28-19)13(2)11-20(3,4)5/h12-14,16,25H,9-11H2,1-8H3,(H,23,27)(H,22,24,26). The number of aliphatic hydroxyl groups is 1. The van der Waals surface area contributed by atoms with Crippen LogP contribution in [0.1, 0.15) is 85.4 Å². The average molecular weight is 412 g/mol. The maximum absolute atomic E-state index is 12.7. The summed E-state index contributed by atoms with van der Waals surface area (Å²) in [7, 11) is 0. The van der Waals surface area contributed by atoms with E-state index in [9.17, 15) is 14.7 Å². The van der Waals surface area contributed by atoms with Gasteiger partial charge in [-0.15, -0.1) is 11.3 Å². The molecule has 3 unspecified atom stereocenters. The molecule has 1 aromatic heterocycles. The van der Waals surface area contributed by atoms with Gasteiger partial charge in [0.2, 0.25) is 11.8 Å². The molecule has 7 heteroatoms. The molecule has 0 radical (unpaired) electrons. The summed E-state index contributed by atoms with van der Waals surface area (Å²) in [5.74, 6) is -0.475. The Morgan fingerprint density at radius 3 is 2.29 bits per heavy atom. The molecule has 0 bridgehead atoms. The predicted molar refractivity (Wildman–Crippen MR) is 116 cm³/mol. The number of hydrogen-bond acceptors (Lipinski definition) is 5. The Balaban J connectivity index is 2.78. The van der Waals surface area contributed by atoms with E-state index in [1.54, 1.807) is 20.8 Å². The fraction of sp³-hybridized carbons (Fsp3) is 0.762. The van der Waals surface area contributed by atoms with E-state index >= 15 is 0 Å². The molecule has 2 amide bonds. The molecule has 0 saturated heterocycles. The number of carbonyl (C=O) groups excluding carboxylic acids is 2. The van der Waals surface area contributed by atoms with Gasteiger partial charge in [-0.25, -0.2) is 4.98 Å². The minimum absolute atomic E-state index is 0.219. The quantitative estimate of drug-likeness (QED) is 0.594. The first-order valence-electron chi connectivity index (χ1n) is 9.99. The average Bonchev–Trinajstić information content (AvgIpc) is 2.99. The number of amides is 2. The SMILES string of the molecule is CCCC(NC(=O)C(O)C(C)(C)C)C(=O)Nc1ncc(C(C)CC(C)(C)C)s1. The molecular weight excluding hydrogens is 374 g/mol. The molecule has 0 aliphatic rings. The highest BCUT2D eigenvalue weighted by Crippen LogP contribution is 2.34. The zero-order valence-electron chi connectivity index (χ0n) is 18.5. The van der Waals surface area contributed by atoms with E-state index in [0.717, 1.165) is 17.7 Å². The van der Waals surface area contributed by atoms with Gasteiger partial charge >= 0.3 is 0 Å². The van der Waals surface area contributed by atoms with Crippen molar-refractivity contribution >= 4 is 28.3 Å². The fourth-order valence-corrected chi connectivity index (χ4v) is 3.86. The molecule has 0 saturated carbocycles. The second-order valence-corrected chi connectivity index (χ2v) is 10.9. The highest BCUT2D eigenvalue weighted by molar-refractivity contribution is 7.15. The van der Waals surface area contributed by atoms with Crippen LogP contribution >= 0.6 is 11.3 Å². The summed E-state index contributed by atoms with van der Waals surface area (Å²) < 4.78 is 0. The lowest BCUT2D eigenvalue weighted by Crippen LogP contribution is -2.50. The van der Waals surface area contributed by atoms with Crippen LogP contribution in [-0.4, -0.2) is 34.1 Å². The van der Waals surface area contributed by atoms with E-state index in [0.29, 0.717) is 17.5 Å². The van der Waals surface area contributed by atoms with Crippen molar-refractivity contribution in [3.8, 4) is 0 Å². The molecule has 28 heavy (non-hydrogen) atoms. The Bertz CT molecular complexity index is 659. The summed E-state index contributed by atoms with van der Waals surface area (Å²) >= 11 is 1.47. The highest BCUT2D eigenvalue weighted by atomic mass is 32.1. The maximum Gasteiger partial charge on any atom is 0.250 e. The monoisotopic (exact) mass is 411 g/mol. The number of carbonyl (C=O) groups is 2. The van der Waals surface area contributed by atoms with E-state index in [2.05, 4.69) is 43.3 Å². The number of rotatable bonds is 8. The third kappa shape index (κ3) is 7.87. The van der Waals surface area contributed by atoms with E-state index in [4.69, 9.17) is 0 Å². The van der Waals surface area contributed by atoms with Gasteiger partial charge in [-0.05, 0) is 29.6 Å². The molecule has 3 atom stereocenters. The van der Waals surface area contributed by atoms with Crippen molar-refractivity contribution in [1.82, 2.24) is 10.3 Å². The number of nitrogens with one attached hydrogen (secondary N) is 2. The van der Waals surface area contributed by atoms with E-state index in [1.165, 1.54) is 11.3 Å². The highest BCUT2D eigenvalue weighted by Gasteiger charge is 2.32. The van der Waals surface area contributed by atoms with Crippen LogP contribution in [-0.2, 0) is 9.59 Å². The van der Waals surface area contributed by atoms with Crippen molar-refractivity contribution in [2.24, 2.45) is 10.8 Å². The lowest BCUT2D eigenvalue weighted by Gasteiger charge is -2.27. The molecule has 160 valence electrons. The lowest BCUT2D eigenvalue weighted by atomic mass is 9.85. The third-order valence-electron chi connectivity index (χ3n) is 4.44. The van der Waals surface area contributed by atoms with Crippen LogP contribution in [0.15, 0.2) is 6.20 Å². The normalized spacial score (nSPS) is 15.6. The first-order valence-corrected chi connectivity index (χ1v) is 10.8. The molecule has 3 N–H and O–H groups in total. The number of hydrogen-bond donors (Lipinski definition) is 3. The van der Waals surface area contributed by atoms with E-state index in [1.807, 2.05) is 13.1 Å². The van der Waals surface area contributed by atoms with Crippen LogP contribution in [0.5, 0.6) is 0 Å². The largest absolute Gasteiger partial charge is 0.383 e. The Labute approximate surface area is 173 Å². The summed E-state index contributed by atoms with van der Waals surface area (Å²) in [5, 5.41) is 16.2. The van der Waals surface area contributed by atoms with Crippen LogP contribution in [0, 0.1) is 10.8 Å². The third-order valence-corrected chi connectivity index (χ3v) is 5.58. The number of anilines is 1. The Hall–Kier alpha value is -1.47. The van der Waals surface area contributed by atoms with Gasteiger partial charge in [0.1, 0.15) is 12.1 Å². The Morgan fingerprint density at radius 1 is 1.18 bits per heavy atom. The van der Waals surface area contributed by atoms with Crippen molar-refractivity contribution in [3.63, 3.8) is 0 Å². The van der Waals surface area contributed by atoms with Gasteiger partial charge in [0, 0.05) is 11.1 Å². The lowest BCUT2D eigenvalue weighted by molar-refractivity contribution is -0.137. The second-order valence-electron chi connectivity index (χ2n) is 9.84. The van der Waals surface area contributed by atoms with Crippen molar-refractivity contribution in [2.45, 2.75) is 92.7 Å². The first kappa shape index (κ1) is 24.6. The van der Waals surface area contributed by atoms with Crippen molar-refractivity contribution in [1.29, 1.82) is 0 Å². The van der Waals surface area contributed by atoms with Crippen molar-refractivity contribution in [3.05, 3.63) is 11.1 Å². The Morgan fingerprint density at radius 2 is 1.79 bits per heavy atom. The molecule has 1 heterocycles. The van der Waals surface area contributed by atoms with E-state index < -0.39 is 23.5 Å². The molecule has 0 fully saturated rings. The summed E-state index contributed by atoms with van der Waals surface area (Å²) in [6.45, 7) is 16.1. The summed E-state index contributed by atoms with van der Waals surface area (Å²) in [5.41, 5.74) is -0.373. The van der Waals surface area contributed by atoms with Crippen LogP contribution in [0.4, 0.5) is 5.13 Å². The zero-order chi connectivity index (χ0) is 21.7. The van der Waals surface area contributed by atoms with Gasteiger partial charge in [-0.2, -0.15) is 0 Å². The molecule has 0 spiro atoms. The van der Waals surface area contributed by atoms with Gasteiger partial charge < -0.3 is 15.7 Å². The second kappa shape index (κ2) is 9.83. The van der Waals surface area contributed by atoms with Crippen LogP contribution in [0.2, 0.25) is 0 Å². The summed E-state index contributed by atoms with van der Waals surface area (Å²) in [6, 6.07) is -0.700. The molecule has 0 aromatic carbocycles. The predicted octanol–water partition coefficient (Wildman–Crippen LogP) is 4.31. The maximum atomic E-state index is 12.7. The topological polar surface area (TPSA) is 91.3 Å². The smallest absolute Gasteiger partial charge is 0.250 e. The molecule has 1 rings (SSSR count). The number of aromatic nitrogens is 1. The van der Waals surface area contributed by atoms with Crippen LogP contribution < -0.4 is 10.6 Å². The van der Waals surface area contributed by atoms with Gasteiger partial charge in [0.05, 0.1) is 0 Å². The van der Waals surface area contributed by atoms with Crippen LogP contribution in [0.3, 0.4) is 0 Å². The van der Waals surface area contributed by atoms with Crippen molar-refractivity contribution < 1.29 is 14.7 Å². The zero-order valence-corrected chi connectivity index (χ0v) is 19.4.